The number of nitrogens with one attached hydrogen (secondary N) is 1. The largest absolute Gasteiger partial charge is 0.377 e. The number of carbonyl (C=O) groups excluding carboxylic acids is 1. The average Bonchev–Trinajstić information content (AvgIpc) is 2.30. The highest BCUT2D eigenvalue weighted by molar-refractivity contribution is 9.10. The molecule has 0 radical (unpaired) electrons. The number of halogens is 2. The van der Waals surface area contributed by atoms with Gasteiger partial charge in [-0.3, -0.25) is 4.79 Å². The van der Waals surface area contributed by atoms with E-state index in [1.807, 2.05) is 13.8 Å². The first-order valence-corrected chi connectivity index (χ1v) is 5.93. The number of benzene rings is 1. The third kappa shape index (κ3) is 4.09. The lowest BCUT2D eigenvalue weighted by molar-refractivity contribution is 0.0229. The molecule has 0 saturated heterocycles. The molecule has 0 aliphatic rings. The summed E-state index contributed by atoms with van der Waals surface area (Å²) in [5.41, 5.74) is -0.0161. The van der Waals surface area contributed by atoms with E-state index in [1.165, 1.54) is 18.2 Å². The van der Waals surface area contributed by atoms with Crippen LogP contribution in [-0.4, -0.2) is 25.2 Å². The predicted octanol–water partition coefficient (Wildman–Crippen LogP) is 2.74. The highest BCUT2D eigenvalue weighted by Crippen LogP contribution is 2.17. The molecule has 0 bridgehead atoms. The molecule has 5 heteroatoms. The Labute approximate surface area is 108 Å². The molecule has 0 heterocycles. The van der Waals surface area contributed by atoms with Gasteiger partial charge < -0.3 is 10.1 Å². The molecule has 1 aromatic rings. The molecular weight excluding hydrogens is 289 g/mol. The van der Waals surface area contributed by atoms with E-state index in [0.717, 1.165) is 0 Å². The van der Waals surface area contributed by atoms with E-state index in [9.17, 15) is 9.18 Å². The summed E-state index contributed by atoms with van der Waals surface area (Å²) < 4.78 is 18.5. The summed E-state index contributed by atoms with van der Waals surface area (Å²) in [7, 11) is 1.58. The standard InChI is InChI=1S/C12H15BrFNO2/c1-12(2,17-3)7-15-11(16)8-4-5-10(14)9(13)6-8/h4-6H,7H2,1-3H3,(H,15,16). The SMILES string of the molecule is COC(C)(C)CNC(=O)c1ccc(F)c(Br)c1. The van der Waals surface area contributed by atoms with Crippen LogP contribution in [0.1, 0.15) is 24.2 Å². The van der Waals surface area contributed by atoms with E-state index >= 15 is 0 Å². The fourth-order valence-electron chi connectivity index (χ4n) is 1.10. The number of rotatable bonds is 4. The van der Waals surface area contributed by atoms with Crippen molar-refractivity contribution < 1.29 is 13.9 Å². The van der Waals surface area contributed by atoms with Crippen LogP contribution in [0.4, 0.5) is 4.39 Å². The number of amides is 1. The lowest BCUT2D eigenvalue weighted by Crippen LogP contribution is -2.39. The van der Waals surface area contributed by atoms with Gasteiger partial charge in [-0.05, 0) is 48.0 Å². The summed E-state index contributed by atoms with van der Waals surface area (Å²) in [5.74, 6) is -0.644. The fourth-order valence-corrected chi connectivity index (χ4v) is 1.48. The van der Waals surface area contributed by atoms with Crippen molar-refractivity contribution in [2.45, 2.75) is 19.4 Å². The molecule has 3 nitrogen and oxygen atoms in total. The molecule has 0 aromatic heterocycles. The van der Waals surface area contributed by atoms with Gasteiger partial charge in [-0.1, -0.05) is 0 Å². The minimum Gasteiger partial charge on any atom is -0.377 e. The van der Waals surface area contributed by atoms with Crippen molar-refractivity contribution in [3.05, 3.63) is 34.1 Å². The number of hydrogen-bond acceptors (Lipinski definition) is 2. The number of hydrogen-bond donors (Lipinski definition) is 1. The van der Waals surface area contributed by atoms with Gasteiger partial charge in [0.1, 0.15) is 5.82 Å². The topological polar surface area (TPSA) is 38.3 Å². The van der Waals surface area contributed by atoms with Crippen molar-refractivity contribution in [3.63, 3.8) is 0 Å². The van der Waals surface area contributed by atoms with E-state index in [0.29, 0.717) is 12.1 Å². The van der Waals surface area contributed by atoms with E-state index < -0.39 is 11.4 Å². The molecule has 0 saturated carbocycles. The average molecular weight is 304 g/mol. The van der Waals surface area contributed by atoms with Crippen LogP contribution in [0, 0.1) is 5.82 Å². The summed E-state index contributed by atoms with van der Waals surface area (Å²) in [4.78, 5) is 11.8. The minimum absolute atomic E-state index is 0.254. The first kappa shape index (κ1) is 14.1. The first-order valence-electron chi connectivity index (χ1n) is 5.14. The van der Waals surface area contributed by atoms with Gasteiger partial charge in [0.15, 0.2) is 0 Å². The maximum atomic E-state index is 13.0. The van der Waals surface area contributed by atoms with Gasteiger partial charge in [0.2, 0.25) is 0 Å². The molecular formula is C12H15BrFNO2. The molecule has 0 atom stereocenters. The Kier molecular flexibility index (Phi) is 4.65. The molecule has 1 rings (SSSR count). The van der Waals surface area contributed by atoms with Crippen LogP contribution < -0.4 is 5.32 Å². The Bertz CT molecular complexity index is 421. The molecule has 1 aromatic carbocycles. The van der Waals surface area contributed by atoms with Crippen LogP contribution >= 0.6 is 15.9 Å². The van der Waals surface area contributed by atoms with Gasteiger partial charge >= 0.3 is 0 Å². The predicted molar refractivity (Wildman–Crippen MR) is 67.5 cm³/mol. The Balaban J connectivity index is 2.68. The summed E-state index contributed by atoms with van der Waals surface area (Å²) >= 11 is 3.04. The lowest BCUT2D eigenvalue weighted by atomic mass is 10.1. The third-order valence-corrected chi connectivity index (χ3v) is 3.02. The second-order valence-electron chi connectivity index (χ2n) is 4.28. The number of carbonyl (C=O) groups is 1. The Morgan fingerprint density at radius 1 is 1.53 bits per heavy atom. The summed E-state index contributed by atoms with van der Waals surface area (Å²) in [6.45, 7) is 4.12. The molecule has 1 amide bonds. The van der Waals surface area contributed by atoms with E-state index in [2.05, 4.69) is 21.2 Å². The van der Waals surface area contributed by atoms with Gasteiger partial charge in [-0.2, -0.15) is 0 Å². The highest BCUT2D eigenvalue weighted by Gasteiger charge is 2.18. The number of ether oxygens (including phenoxy) is 1. The lowest BCUT2D eigenvalue weighted by Gasteiger charge is -2.23. The monoisotopic (exact) mass is 303 g/mol. The Morgan fingerprint density at radius 3 is 2.71 bits per heavy atom. The zero-order valence-electron chi connectivity index (χ0n) is 10.0. The molecule has 17 heavy (non-hydrogen) atoms. The summed E-state index contributed by atoms with van der Waals surface area (Å²) in [5, 5.41) is 2.73. The van der Waals surface area contributed by atoms with Crippen molar-refractivity contribution in [1.82, 2.24) is 5.32 Å². The van der Waals surface area contributed by atoms with E-state index in [4.69, 9.17) is 4.74 Å². The smallest absolute Gasteiger partial charge is 0.251 e. The van der Waals surface area contributed by atoms with Gasteiger partial charge in [-0.25, -0.2) is 4.39 Å². The van der Waals surface area contributed by atoms with Crippen molar-refractivity contribution in [2.75, 3.05) is 13.7 Å². The van der Waals surface area contributed by atoms with Crippen LogP contribution in [0.5, 0.6) is 0 Å². The van der Waals surface area contributed by atoms with Gasteiger partial charge in [0, 0.05) is 19.2 Å². The van der Waals surface area contributed by atoms with Crippen LogP contribution in [0.15, 0.2) is 22.7 Å². The quantitative estimate of drug-likeness (QED) is 0.929. The molecule has 94 valence electrons. The van der Waals surface area contributed by atoms with Gasteiger partial charge in [0.05, 0.1) is 10.1 Å². The number of methoxy groups -OCH3 is 1. The van der Waals surface area contributed by atoms with Crippen molar-refractivity contribution in [1.29, 1.82) is 0 Å². The molecule has 0 aliphatic carbocycles. The molecule has 0 aliphatic heterocycles. The highest BCUT2D eigenvalue weighted by atomic mass is 79.9. The second-order valence-corrected chi connectivity index (χ2v) is 5.13. The second kappa shape index (κ2) is 5.60. The Morgan fingerprint density at radius 2 is 2.18 bits per heavy atom. The normalized spacial score (nSPS) is 11.4. The minimum atomic E-state index is -0.424. The first-order chi connectivity index (χ1) is 7.85. The molecule has 0 fully saturated rings. The van der Waals surface area contributed by atoms with Crippen LogP contribution in [-0.2, 0) is 4.74 Å². The van der Waals surface area contributed by atoms with Gasteiger partial charge in [0.25, 0.3) is 5.91 Å². The molecule has 1 N–H and O–H groups in total. The molecule has 0 spiro atoms. The van der Waals surface area contributed by atoms with Crippen LogP contribution in [0.2, 0.25) is 0 Å². The van der Waals surface area contributed by atoms with E-state index in [1.54, 1.807) is 7.11 Å². The maximum absolute atomic E-state index is 13.0. The van der Waals surface area contributed by atoms with Crippen molar-refractivity contribution >= 4 is 21.8 Å². The van der Waals surface area contributed by atoms with Crippen LogP contribution in [0.3, 0.4) is 0 Å². The van der Waals surface area contributed by atoms with Gasteiger partial charge in [-0.15, -0.1) is 0 Å². The zero-order chi connectivity index (χ0) is 13.1. The Hall–Kier alpha value is -0.940. The van der Waals surface area contributed by atoms with Crippen LogP contribution in [0.25, 0.3) is 0 Å². The summed E-state index contributed by atoms with van der Waals surface area (Å²) in [6.07, 6.45) is 0. The summed E-state index contributed by atoms with van der Waals surface area (Å²) in [6, 6.07) is 4.14. The fraction of sp³-hybridized carbons (Fsp3) is 0.417. The van der Waals surface area contributed by atoms with Crippen molar-refractivity contribution in [2.24, 2.45) is 0 Å². The third-order valence-electron chi connectivity index (χ3n) is 2.41. The zero-order valence-corrected chi connectivity index (χ0v) is 11.6. The molecule has 0 unspecified atom stereocenters. The maximum Gasteiger partial charge on any atom is 0.251 e. The van der Waals surface area contributed by atoms with E-state index in [-0.39, 0.29) is 10.4 Å². The van der Waals surface area contributed by atoms with Crippen molar-refractivity contribution in [3.8, 4) is 0 Å².